The molecule has 4 rings (SSSR count). The van der Waals surface area contributed by atoms with Crippen LogP contribution in [0.25, 0.3) is 22.2 Å². The topological polar surface area (TPSA) is 91.3 Å². The van der Waals surface area contributed by atoms with Crippen LogP contribution < -0.4 is 11.3 Å². The van der Waals surface area contributed by atoms with Crippen molar-refractivity contribution in [3.63, 3.8) is 0 Å². The average molecular weight is 402 g/mol. The highest BCUT2D eigenvalue weighted by molar-refractivity contribution is 7.89. The van der Waals surface area contributed by atoms with E-state index < -0.39 is 15.6 Å². The zero-order valence-corrected chi connectivity index (χ0v) is 16.9. The SMILES string of the molecule is Cc1cc(-c2cc(CS(C)(=O)=O)c3oc(=O)n(CC4CC4)c3c2)cn(C)c1=O. The number of aromatic nitrogens is 2. The Hall–Kier alpha value is -2.61. The first kappa shape index (κ1) is 18.7. The zero-order chi connectivity index (χ0) is 20.2. The summed E-state index contributed by atoms with van der Waals surface area (Å²) >= 11 is 0. The van der Waals surface area contributed by atoms with E-state index in [0.717, 1.165) is 30.2 Å². The Bertz CT molecular complexity index is 1280. The highest BCUT2D eigenvalue weighted by atomic mass is 32.2. The van der Waals surface area contributed by atoms with Crippen LogP contribution in [0.1, 0.15) is 24.0 Å². The van der Waals surface area contributed by atoms with Crippen molar-refractivity contribution in [3.05, 3.63) is 56.4 Å². The molecule has 1 aromatic carbocycles. The summed E-state index contributed by atoms with van der Waals surface area (Å²) in [5.41, 5.74) is 3.40. The standard InChI is InChI=1S/C20H22N2O5S/c1-12-6-15(10-21(2)19(12)23)14-7-16(11-28(3,25)26)18-17(8-14)22(20(24)27-18)9-13-4-5-13/h6-8,10,13H,4-5,9,11H2,1-3H3. The lowest BCUT2D eigenvalue weighted by Crippen LogP contribution is -2.18. The average Bonchev–Trinajstić information content (AvgIpc) is 3.35. The molecule has 148 valence electrons. The Balaban J connectivity index is 1.98. The van der Waals surface area contributed by atoms with Gasteiger partial charge in [-0.05, 0) is 55.0 Å². The molecule has 0 N–H and O–H groups in total. The molecule has 0 spiro atoms. The first-order valence-electron chi connectivity index (χ1n) is 9.14. The van der Waals surface area contributed by atoms with E-state index >= 15 is 0 Å². The normalized spacial score (nSPS) is 14.7. The van der Waals surface area contributed by atoms with E-state index in [9.17, 15) is 18.0 Å². The van der Waals surface area contributed by atoms with E-state index in [4.69, 9.17) is 4.42 Å². The second-order valence-corrected chi connectivity index (χ2v) is 9.94. The van der Waals surface area contributed by atoms with E-state index in [-0.39, 0.29) is 11.3 Å². The third-order valence-electron chi connectivity index (χ3n) is 5.10. The van der Waals surface area contributed by atoms with Crippen molar-refractivity contribution in [3.8, 4) is 11.1 Å². The van der Waals surface area contributed by atoms with Gasteiger partial charge in [0.05, 0.1) is 11.3 Å². The van der Waals surface area contributed by atoms with Crippen LogP contribution in [0, 0.1) is 12.8 Å². The van der Waals surface area contributed by atoms with Gasteiger partial charge in [-0.15, -0.1) is 0 Å². The number of rotatable bonds is 5. The molecule has 0 aliphatic heterocycles. The van der Waals surface area contributed by atoms with Gasteiger partial charge in [0.2, 0.25) is 0 Å². The number of nitrogens with zero attached hydrogens (tertiary/aromatic N) is 2. The molecule has 2 aromatic heterocycles. The molecule has 1 aliphatic carbocycles. The highest BCUT2D eigenvalue weighted by Crippen LogP contribution is 2.33. The van der Waals surface area contributed by atoms with Crippen LogP contribution in [0.3, 0.4) is 0 Å². The van der Waals surface area contributed by atoms with Gasteiger partial charge in [0.1, 0.15) is 0 Å². The van der Waals surface area contributed by atoms with Crippen LogP contribution in [0.5, 0.6) is 0 Å². The van der Waals surface area contributed by atoms with Gasteiger partial charge in [0.15, 0.2) is 15.4 Å². The van der Waals surface area contributed by atoms with Gasteiger partial charge in [-0.25, -0.2) is 13.2 Å². The van der Waals surface area contributed by atoms with Crippen molar-refractivity contribution in [1.82, 2.24) is 9.13 Å². The summed E-state index contributed by atoms with van der Waals surface area (Å²) in [5.74, 6) is -0.232. The minimum absolute atomic E-state index is 0.0878. The third kappa shape index (κ3) is 3.56. The van der Waals surface area contributed by atoms with Gasteiger partial charge in [0.25, 0.3) is 5.56 Å². The Morgan fingerprint density at radius 2 is 1.86 bits per heavy atom. The molecule has 8 heteroatoms. The van der Waals surface area contributed by atoms with Gasteiger partial charge in [0, 0.05) is 37.2 Å². The van der Waals surface area contributed by atoms with Gasteiger partial charge in [-0.2, -0.15) is 0 Å². The van der Waals surface area contributed by atoms with Gasteiger partial charge < -0.3 is 8.98 Å². The summed E-state index contributed by atoms with van der Waals surface area (Å²) in [4.78, 5) is 24.4. The molecule has 0 radical (unpaired) electrons. The molecule has 0 amide bonds. The van der Waals surface area contributed by atoms with E-state index in [0.29, 0.717) is 34.7 Å². The summed E-state index contributed by atoms with van der Waals surface area (Å²) < 4.78 is 32.4. The molecule has 0 bridgehead atoms. The van der Waals surface area contributed by atoms with Crippen molar-refractivity contribution in [2.75, 3.05) is 6.26 Å². The van der Waals surface area contributed by atoms with E-state index in [2.05, 4.69) is 0 Å². The first-order chi connectivity index (χ1) is 13.1. The maximum absolute atomic E-state index is 12.4. The van der Waals surface area contributed by atoms with Gasteiger partial charge in [-0.3, -0.25) is 9.36 Å². The fourth-order valence-corrected chi connectivity index (χ4v) is 4.33. The number of pyridine rings is 1. The second-order valence-electron chi connectivity index (χ2n) is 7.80. The molecule has 2 heterocycles. The minimum atomic E-state index is -3.33. The Kier molecular flexibility index (Phi) is 4.33. The molecule has 7 nitrogen and oxygen atoms in total. The second kappa shape index (κ2) is 6.48. The lowest BCUT2D eigenvalue weighted by molar-refractivity contribution is 0.490. The summed E-state index contributed by atoms with van der Waals surface area (Å²) in [7, 11) is -1.66. The van der Waals surface area contributed by atoms with Crippen LogP contribution in [0.15, 0.2) is 38.4 Å². The van der Waals surface area contributed by atoms with Crippen molar-refractivity contribution in [2.24, 2.45) is 13.0 Å². The fraction of sp³-hybridized carbons (Fsp3) is 0.400. The lowest BCUT2D eigenvalue weighted by atomic mass is 10.0. The van der Waals surface area contributed by atoms with Crippen molar-refractivity contribution in [1.29, 1.82) is 0 Å². The molecule has 0 saturated heterocycles. The Labute approximate surface area is 162 Å². The Morgan fingerprint density at radius 1 is 1.14 bits per heavy atom. The first-order valence-corrected chi connectivity index (χ1v) is 11.2. The summed E-state index contributed by atoms with van der Waals surface area (Å²) in [6, 6.07) is 5.35. The predicted octanol–water partition coefficient (Wildman–Crippen LogP) is 2.22. The third-order valence-corrected chi connectivity index (χ3v) is 5.93. The molecule has 0 atom stereocenters. The van der Waals surface area contributed by atoms with Crippen LogP contribution in [-0.2, 0) is 29.2 Å². The zero-order valence-electron chi connectivity index (χ0n) is 16.1. The molecule has 1 fully saturated rings. The maximum atomic E-state index is 12.4. The van der Waals surface area contributed by atoms with E-state index in [1.54, 1.807) is 36.9 Å². The number of oxazole rings is 1. The number of aryl methyl sites for hydroxylation is 2. The van der Waals surface area contributed by atoms with Gasteiger partial charge >= 0.3 is 5.76 Å². The predicted molar refractivity (Wildman–Crippen MR) is 107 cm³/mol. The number of hydrogen-bond acceptors (Lipinski definition) is 5. The van der Waals surface area contributed by atoms with Crippen LogP contribution >= 0.6 is 0 Å². The highest BCUT2D eigenvalue weighted by Gasteiger charge is 2.25. The molecular weight excluding hydrogens is 380 g/mol. The molecule has 1 saturated carbocycles. The number of fused-ring (bicyclic) bond motifs is 1. The largest absolute Gasteiger partial charge is 0.419 e. The smallest absolute Gasteiger partial charge is 0.407 e. The minimum Gasteiger partial charge on any atom is -0.407 e. The summed E-state index contributed by atoms with van der Waals surface area (Å²) in [5, 5.41) is 0. The van der Waals surface area contributed by atoms with Crippen molar-refractivity contribution < 1.29 is 12.8 Å². The van der Waals surface area contributed by atoms with Crippen LogP contribution in [0.4, 0.5) is 0 Å². The Morgan fingerprint density at radius 3 is 2.46 bits per heavy atom. The lowest BCUT2D eigenvalue weighted by Gasteiger charge is -2.10. The molecular formula is C20H22N2O5S. The van der Waals surface area contributed by atoms with Crippen LogP contribution in [-0.4, -0.2) is 23.8 Å². The van der Waals surface area contributed by atoms with Crippen molar-refractivity contribution in [2.45, 2.75) is 32.1 Å². The fourth-order valence-electron chi connectivity index (χ4n) is 3.55. The maximum Gasteiger partial charge on any atom is 0.419 e. The van der Waals surface area contributed by atoms with E-state index in [1.165, 1.54) is 4.57 Å². The molecule has 3 aromatic rings. The summed E-state index contributed by atoms with van der Waals surface area (Å²) in [6.45, 7) is 2.31. The van der Waals surface area contributed by atoms with Crippen molar-refractivity contribution >= 4 is 20.9 Å². The van der Waals surface area contributed by atoms with Crippen LogP contribution in [0.2, 0.25) is 0 Å². The molecule has 0 unspecified atom stereocenters. The monoisotopic (exact) mass is 402 g/mol. The quantitative estimate of drug-likeness (QED) is 0.653. The van der Waals surface area contributed by atoms with E-state index in [1.807, 2.05) is 6.07 Å². The molecule has 28 heavy (non-hydrogen) atoms. The number of benzene rings is 1. The number of sulfone groups is 1. The molecule has 1 aliphatic rings. The number of hydrogen-bond donors (Lipinski definition) is 0. The van der Waals surface area contributed by atoms with Gasteiger partial charge in [-0.1, -0.05) is 0 Å². The summed E-state index contributed by atoms with van der Waals surface area (Å²) in [6.07, 6.45) is 5.02.